The van der Waals surface area contributed by atoms with Gasteiger partial charge < -0.3 is 44.8 Å². The molecule has 0 aromatic heterocycles. The van der Waals surface area contributed by atoms with E-state index in [1.54, 1.807) is 19.1 Å². The number of aliphatic hydroxyl groups excluding tert-OH is 4. The van der Waals surface area contributed by atoms with E-state index in [0.29, 0.717) is 24.8 Å². The van der Waals surface area contributed by atoms with Crippen LogP contribution >= 0.6 is 0 Å². The van der Waals surface area contributed by atoms with E-state index in [0.717, 1.165) is 0 Å². The molecule has 0 aromatic carbocycles. The number of hydrogen-bond acceptors (Lipinski definition) is 10. The molecule has 198 valence electrons. The Morgan fingerprint density at radius 3 is 2.64 bits per heavy atom. The van der Waals surface area contributed by atoms with E-state index in [2.05, 4.69) is 6.58 Å². The van der Waals surface area contributed by atoms with Crippen LogP contribution in [-0.2, 0) is 23.8 Å². The summed E-state index contributed by atoms with van der Waals surface area (Å²) in [5.74, 6) is -3.90. The van der Waals surface area contributed by atoms with Gasteiger partial charge in [0.15, 0.2) is 6.29 Å². The summed E-state index contributed by atoms with van der Waals surface area (Å²) in [4.78, 5) is 26.4. The van der Waals surface area contributed by atoms with Crippen molar-refractivity contribution in [2.75, 3.05) is 6.61 Å². The average molecular weight is 509 g/mol. The van der Waals surface area contributed by atoms with Gasteiger partial charge in [-0.15, -0.1) is 0 Å². The SMILES string of the molecule is C=C1C[C@]23C[C@@]1(O)CC[C@H]2[C@@]12C=C[C@H](O[C@@H]4O[C@H](CO)[C@@H](O)[C@H](O)[C@H]4O)C(C)(C(=O)O1)[C@H]2[C@@H]3C(=O)O. The molecule has 11 heteroatoms. The van der Waals surface area contributed by atoms with E-state index in [1.807, 2.05) is 0 Å². The van der Waals surface area contributed by atoms with Crippen molar-refractivity contribution in [1.29, 1.82) is 0 Å². The monoisotopic (exact) mass is 508 g/mol. The maximum Gasteiger partial charge on any atom is 0.316 e. The van der Waals surface area contributed by atoms with Crippen LogP contribution in [0.5, 0.6) is 0 Å². The zero-order valence-electron chi connectivity index (χ0n) is 19.8. The van der Waals surface area contributed by atoms with E-state index < -0.39 is 89.2 Å². The van der Waals surface area contributed by atoms with Crippen LogP contribution in [0, 0.1) is 28.6 Å². The van der Waals surface area contributed by atoms with Crippen molar-refractivity contribution in [2.45, 2.75) is 80.6 Å². The topological polar surface area (TPSA) is 183 Å². The number of aliphatic carboxylic acids is 1. The first-order valence-electron chi connectivity index (χ1n) is 12.4. The molecule has 1 spiro atoms. The third-order valence-corrected chi connectivity index (χ3v) is 10.2. The lowest BCUT2D eigenvalue weighted by Crippen LogP contribution is -2.61. The molecule has 4 aliphatic carbocycles. The molecule has 6 rings (SSSR count). The third kappa shape index (κ3) is 2.67. The molecule has 0 aromatic rings. The minimum atomic E-state index is -1.68. The van der Waals surface area contributed by atoms with Gasteiger partial charge >= 0.3 is 11.9 Å². The quantitative estimate of drug-likeness (QED) is 0.199. The fourth-order valence-electron chi connectivity index (χ4n) is 8.63. The van der Waals surface area contributed by atoms with Gasteiger partial charge in [-0.2, -0.15) is 0 Å². The number of esters is 1. The Labute approximate surface area is 207 Å². The maximum atomic E-state index is 13.5. The van der Waals surface area contributed by atoms with Crippen LogP contribution in [0.15, 0.2) is 24.3 Å². The fourth-order valence-corrected chi connectivity index (χ4v) is 8.63. The van der Waals surface area contributed by atoms with Gasteiger partial charge in [-0.25, -0.2) is 0 Å². The Morgan fingerprint density at radius 2 is 1.97 bits per heavy atom. The largest absolute Gasteiger partial charge is 0.481 e. The van der Waals surface area contributed by atoms with Crippen LogP contribution in [-0.4, -0.2) is 97.2 Å². The van der Waals surface area contributed by atoms with Gasteiger partial charge in [-0.05, 0) is 49.7 Å². The van der Waals surface area contributed by atoms with E-state index >= 15 is 0 Å². The van der Waals surface area contributed by atoms with Gasteiger partial charge in [0.1, 0.15) is 35.4 Å². The van der Waals surface area contributed by atoms with Gasteiger partial charge in [0.2, 0.25) is 0 Å². The summed E-state index contributed by atoms with van der Waals surface area (Å²) < 4.78 is 17.6. The Balaban J connectivity index is 1.41. The number of hydrogen-bond donors (Lipinski definition) is 6. The van der Waals surface area contributed by atoms with Crippen molar-refractivity contribution in [3.63, 3.8) is 0 Å². The van der Waals surface area contributed by atoms with Crippen LogP contribution in [0.3, 0.4) is 0 Å². The van der Waals surface area contributed by atoms with Crippen molar-refractivity contribution < 1.29 is 54.4 Å². The van der Waals surface area contributed by atoms with Crippen LogP contribution < -0.4 is 0 Å². The van der Waals surface area contributed by atoms with Crippen molar-refractivity contribution in [1.82, 2.24) is 0 Å². The van der Waals surface area contributed by atoms with Crippen LogP contribution in [0.2, 0.25) is 0 Å². The summed E-state index contributed by atoms with van der Waals surface area (Å²) in [6, 6.07) is 0. The summed E-state index contributed by atoms with van der Waals surface area (Å²) in [7, 11) is 0. The smallest absolute Gasteiger partial charge is 0.316 e. The summed E-state index contributed by atoms with van der Waals surface area (Å²) in [6.07, 6.45) is -3.97. The number of carboxylic acids is 1. The van der Waals surface area contributed by atoms with Gasteiger partial charge in [0.25, 0.3) is 0 Å². The number of carbonyl (C=O) groups is 2. The van der Waals surface area contributed by atoms with E-state index in [4.69, 9.17) is 14.2 Å². The lowest BCUT2D eigenvalue weighted by molar-refractivity contribution is -0.315. The maximum absolute atomic E-state index is 13.5. The fraction of sp³-hybridized carbons (Fsp3) is 0.760. The highest BCUT2D eigenvalue weighted by molar-refractivity contribution is 5.86. The number of carboxylic acid groups (broad SMARTS) is 1. The molecule has 4 bridgehead atoms. The molecule has 36 heavy (non-hydrogen) atoms. The number of rotatable bonds is 4. The molecule has 6 aliphatic rings. The Bertz CT molecular complexity index is 1060. The normalized spacial score (nSPS) is 56.9. The number of aliphatic hydroxyl groups is 5. The number of ether oxygens (including phenoxy) is 3. The summed E-state index contributed by atoms with van der Waals surface area (Å²) in [5.41, 5.74) is -4.04. The second-order valence-electron chi connectivity index (χ2n) is 11.7. The molecule has 6 N–H and O–H groups in total. The molecule has 2 heterocycles. The molecular weight excluding hydrogens is 476 g/mol. The molecule has 0 radical (unpaired) electrons. The van der Waals surface area contributed by atoms with E-state index in [-0.39, 0.29) is 12.3 Å². The minimum Gasteiger partial charge on any atom is -0.481 e. The van der Waals surface area contributed by atoms with Crippen LogP contribution in [0.4, 0.5) is 0 Å². The summed E-state index contributed by atoms with van der Waals surface area (Å²) >= 11 is 0. The predicted molar refractivity (Wildman–Crippen MR) is 118 cm³/mol. The lowest BCUT2D eigenvalue weighted by atomic mass is 9.61. The Morgan fingerprint density at radius 1 is 1.25 bits per heavy atom. The number of fused-ring (bicyclic) bond motifs is 1. The molecule has 5 fully saturated rings. The van der Waals surface area contributed by atoms with Gasteiger partial charge in [0.05, 0.1) is 24.2 Å². The second kappa shape index (κ2) is 7.37. The summed E-state index contributed by atoms with van der Waals surface area (Å²) in [6.45, 7) is 4.99. The second-order valence-corrected chi connectivity index (χ2v) is 11.7. The van der Waals surface area contributed by atoms with Gasteiger partial charge in [-0.1, -0.05) is 12.7 Å². The van der Waals surface area contributed by atoms with Gasteiger partial charge in [-0.3, -0.25) is 9.59 Å². The molecule has 2 aliphatic heterocycles. The van der Waals surface area contributed by atoms with E-state index in [1.165, 1.54) is 0 Å². The molecule has 1 unspecified atom stereocenters. The molecule has 13 atom stereocenters. The van der Waals surface area contributed by atoms with Gasteiger partial charge in [0, 0.05) is 11.8 Å². The van der Waals surface area contributed by atoms with E-state index in [9.17, 15) is 40.2 Å². The zero-order chi connectivity index (χ0) is 26.0. The van der Waals surface area contributed by atoms with Crippen molar-refractivity contribution >= 4 is 11.9 Å². The molecule has 0 amide bonds. The molecule has 3 saturated carbocycles. The van der Waals surface area contributed by atoms with Crippen molar-refractivity contribution in [3.8, 4) is 0 Å². The van der Waals surface area contributed by atoms with Crippen molar-refractivity contribution in [3.05, 3.63) is 24.3 Å². The first-order valence-corrected chi connectivity index (χ1v) is 12.4. The predicted octanol–water partition coefficient (Wildman–Crippen LogP) is -1.15. The standard InChI is InChI=1S/C25H32O11/c1-10-7-23-9-24(10,33)5-3-12(23)25-6-4-13(22(2,21(32)36-25)18(25)14(23)19(30)31)35-20-17(29)16(28)15(27)11(8-26)34-20/h4,6,11-18,20,26-29,33H,1,3,5,7-9H2,2H3,(H,30,31)/t11-,12-,13+,14-,15-,16+,17-,18-,20+,22?,23+,24+,25-/m1/s1. The minimum absolute atomic E-state index is 0.235. The molecule has 2 saturated heterocycles. The third-order valence-electron chi connectivity index (χ3n) is 10.2. The highest BCUT2D eigenvalue weighted by Gasteiger charge is 2.83. The summed E-state index contributed by atoms with van der Waals surface area (Å²) in [5, 5.41) is 62.0. The first kappa shape index (κ1) is 24.5. The first-order chi connectivity index (χ1) is 16.9. The van der Waals surface area contributed by atoms with Crippen LogP contribution in [0.1, 0.15) is 32.6 Å². The highest BCUT2D eigenvalue weighted by Crippen LogP contribution is 2.77. The highest BCUT2D eigenvalue weighted by atomic mass is 16.7. The zero-order valence-corrected chi connectivity index (χ0v) is 19.8. The van der Waals surface area contributed by atoms with Crippen LogP contribution in [0.25, 0.3) is 0 Å². The molecule has 11 nitrogen and oxygen atoms in total. The number of carbonyl (C=O) groups excluding carboxylic acids is 1. The average Bonchev–Trinajstić information content (AvgIpc) is 3.24. The van der Waals surface area contributed by atoms with Crippen molar-refractivity contribution in [2.24, 2.45) is 28.6 Å². The Hall–Kier alpha value is -1.86. The lowest BCUT2D eigenvalue weighted by Gasteiger charge is -2.45. The molecular formula is C25H32O11. The Kier molecular flexibility index (Phi) is 5.01.